The molecule has 2 heterocycles. The summed E-state index contributed by atoms with van der Waals surface area (Å²) in [6.45, 7) is 1.20. The molecule has 126 valence electrons. The topological polar surface area (TPSA) is 47.6 Å². The largest absolute Gasteiger partial charge is 0.490 e. The summed E-state index contributed by atoms with van der Waals surface area (Å²) in [5.74, 6) is 1.15. The molecule has 2 aromatic rings. The Morgan fingerprint density at radius 2 is 1.83 bits per heavy atom. The van der Waals surface area contributed by atoms with E-state index in [1.807, 2.05) is 5.38 Å². The molecular weight excluding hydrogens is 346 g/mol. The number of fused-ring (bicyclic) bond motifs is 2. The number of carbonyl (C=O) groups is 1. The predicted octanol–water partition coefficient (Wildman–Crippen LogP) is 4.69. The van der Waals surface area contributed by atoms with E-state index in [1.165, 1.54) is 16.9 Å². The van der Waals surface area contributed by atoms with E-state index < -0.39 is 0 Å². The molecule has 6 heteroatoms. The number of benzene rings is 1. The first-order valence-corrected chi connectivity index (χ1v) is 9.48. The van der Waals surface area contributed by atoms with Crippen LogP contribution in [-0.4, -0.2) is 19.1 Å². The molecule has 0 saturated carbocycles. The molecular formula is C18H18ClNO3S. The van der Waals surface area contributed by atoms with Crippen molar-refractivity contribution in [3.05, 3.63) is 38.5 Å². The Bertz CT molecular complexity index is 787. The molecule has 4 nitrogen and oxygen atoms in total. The Kier molecular flexibility index (Phi) is 4.37. The number of halogens is 1. The summed E-state index contributed by atoms with van der Waals surface area (Å²) >= 11 is 8.00. The lowest BCUT2D eigenvalue weighted by atomic mass is 9.95. The van der Waals surface area contributed by atoms with Crippen LogP contribution in [0.5, 0.6) is 11.5 Å². The van der Waals surface area contributed by atoms with Gasteiger partial charge in [-0.15, -0.1) is 11.3 Å². The highest BCUT2D eigenvalue weighted by Crippen LogP contribution is 2.38. The second-order valence-corrected chi connectivity index (χ2v) is 7.41. The highest BCUT2D eigenvalue weighted by Gasteiger charge is 2.22. The van der Waals surface area contributed by atoms with Gasteiger partial charge in [-0.05, 0) is 31.2 Å². The molecule has 1 aromatic heterocycles. The molecule has 4 rings (SSSR count). The van der Waals surface area contributed by atoms with Gasteiger partial charge in [0.1, 0.15) is 0 Å². The minimum Gasteiger partial charge on any atom is -0.490 e. The summed E-state index contributed by atoms with van der Waals surface area (Å²) in [6.07, 6.45) is 5.25. The van der Waals surface area contributed by atoms with E-state index in [9.17, 15) is 4.79 Å². The van der Waals surface area contributed by atoms with Crippen molar-refractivity contribution in [3.8, 4) is 11.5 Å². The molecule has 0 radical (unpaired) electrons. The van der Waals surface area contributed by atoms with E-state index in [0.717, 1.165) is 31.2 Å². The molecule has 1 amide bonds. The van der Waals surface area contributed by atoms with Crippen LogP contribution < -0.4 is 14.8 Å². The Hall–Kier alpha value is -1.72. The second kappa shape index (κ2) is 6.65. The standard InChI is InChI=1S/C18H18ClNO3S/c19-13-8-15-16(23-7-3-6-22-15)9-14(13)20-18(21)12-10-24-17-5-2-1-4-11(12)17/h8-10H,1-7H2,(H,20,21). The highest BCUT2D eigenvalue weighted by molar-refractivity contribution is 7.10. The average Bonchev–Trinajstić information content (AvgIpc) is 2.89. The summed E-state index contributed by atoms with van der Waals surface area (Å²) in [6, 6.07) is 3.46. The molecule has 24 heavy (non-hydrogen) atoms. The molecule has 1 aromatic carbocycles. The summed E-state index contributed by atoms with van der Waals surface area (Å²) in [5.41, 5.74) is 2.54. The van der Waals surface area contributed by atoms with Crippen LogP contribution in [0.3, 0.4) is 0 Å². The van der Waals surface area contributed by atoms with Crippen LogP contribution in [0.1, 0.15) is 40.1 Å². The average molecular weight is 364 g/mol. The van der Waals surface area contributed by atoms with E-state index in [4.69, 9.17) is 21.1 Å². The van der Waals surface area contributed by atoms with Crippen molar-refractivity contribution in [1.29, 1.82) is 0 Å². The molecule has 1 aliphatic heterocycles. The van der Waals surface area contributed by atoms with Gasteiger partial charge < -0.3 is 14.8 Å². The maximum absolute atomic E-state index is 12.7. The number of anilines is 1. The fourth-order valence-electron chi connectivity index (χ4n) is 3.15. The van der Waals surface area contributed by atoms with Crippen molar-refractivity contribution in [2.24, 2.45) is 0 Å². The van der Waals surface area contributed by atoms with E-state index in [2.05, 4.69) is 5.32 Å². The van der Waals surface area contributed by atoms with Gasteiger partial charge in [-0.2, -0.15) is 0 Å². The van der Waals surface area contributed by atoms with E-state index in [-0.39, 0.29) is 5.91 Å². The number of thiophene rings is 1. The van der Waals surface area contributed by atoms with Crippen LogP contribution >= 0.6 is 22.9 Å². The zero-order valence-electron chi connectivity index (χ0n) is 13.2. The van der Waals surface area contributed by atoms with E-state index in [1.54, 1.807) is 23.5 Å². The Morgan fingerprint density at radius 3 is 2.67 bits per heavy atom. The van der Waals surface area contributed by atoms with Crippen LogP contribution in [-0.2, 0) is 12.8 Å². The van der Waals surface area contributed by atoms with Gasteiger partial charge in [-0.25, -0.2) is 0 Å². The van der Waals surface area contributed by atoms with Crippen molar-refractivity contribution in [1.82, 2.24) is 0 Å². The summed E-state index contributed by atoms with van der Waals surface area (Å²) in [5, 5.41) is 5.35. The lowest BCUT2D eigenvalue weighted by Crippen LogP contribution is -2.15. The highest BCUT2D eigenvalue weighted by atomic mass is 35.5. The lowest BCUT2D eigenvalue weighted by molar-refractivity contribution is 0.102. The molecule has 1 N–H and O–H groups in total. The third kappa shape index (κ3) is 2.98. The molecule has 2 aliphatic rings. The first-order chi connectivity index (χ1) is 11.7. The molecule has 0 fully saturated rings. The minimum atomic E-state index is -0.106. The van der Waals surface area contributed by atoms with Crippen LogP contribution in [0.2, 0.25) is 5.02 Å². The number of nitrogens with one attached hydrogen (secondary N) is 1. The molecule has 0 unspecified atom stereocenters. The number of ether oxygens (including phenoxy) is 2. The zero-order chi connectivity index (χ0) is 16.5. The first-order valence-electron chi connectivity index (χ1n) is 8.22. The third-order valence-corrected chi connectivity index (χ3v) is 5.79. The van der Waals surface area contributed by atoms with Gasteiger partial charge in [-0.3, -0.25) is 4.79 Å². The fourth-order valence-corrected chi connectivity index (χ4v) is 4.48. The third-order valence-electron chi connectivity index (χ3n) is 4.39. The van der Waals surface area contributed by atoms with Crippen molar-refractivity contribution in [2.45, 2.75) is 32.1 Å². The normalized spacial score (nSPS) is 16.2. The van der Waals surface area contributed by atoms with Crippen LogP contribution in [0.15, 0.2) is 17.5 Å². The second-order valence-electron chi connectivity index (χ2n) is 6.04. The fraction of sp³-hybridized carbons (Fsp3) is 0.389. The molecule has 1 aliphatic carbocycles. The van der Waals surface area contributed by atoms with Gasteiger partial charge in [-0.1, -0.05) is 11.6 Å². The minimum absolute atomic E-state index is 0.106. The number of amides is 1. The maximum atomic E-state index is 12.7. The number of carbonyl (C=O) groups excluding carboxylic acids is 1. The van der Waals surface area contributed by atoms with Crippen LogP contribution in [0.4, 0.5) is 5.69 Å². The number of hydrogen-bond donors (Lipinski definition) is 1. The summed E-state index contributed by atoms with van der Waals surface area (Å²) < 4.78 is 11.3. The van der Waals surface area contributed by atoms with Gasteiger partial charge >= 0.3 is 0 Å². The first kappa shape index (κ1) is 15.8. The molecule has 0 bridgehead atoms. The number of rotatable bonds is 2. The zero-order valence-corrected chi connectivity index (χ0v) is 14.8. The molecule has 0 saturated heterocycles. The van der Waals surface area contributed by atoms with E-state index in [0.29, 0.717) is 35.4 Å². The lowest BCUT2D eigenvalue weighted by Gasteiger charge is -2.14. The van der Waals surface area contributed by atoms with Crippen molar-refractivity contribution in [2.75, 3.05) is 18.5 Å². The Morgan fingerprint density at radius 1 is 1.08 bits per heavy atom. The number of hydrogen-bond acceptors (Lipinski definition) is 4. The molecule has 0 atom stereocenters. The Balaban J connectivity index is 1.60. The van der Waals surface area contributed by atoms with Crippen molar-refractivity contribution < 1.29 is 14.3 Å². The van der Waals surface area contributed by atoms with Gasteiger partial charge in [0.2, 0.25) is 0 Å². The monoisotopic (exact) mass is 363 g/mol. The van der Waals surface area contributed by atoms with Crippen LogP contribution in [0, 0.1) is 0 Å². The smallest absolute Gasteiger partial charge is 0.256 e. The van der Waals surface area contributed by atoms with Gasteiger partial charge in [0.05, 0.1) is 29.5 Å². The SMILES string of the molecule is O=C(Nc1cc2c(cc1Cl)OCCCO2)c1csc2c1CCCC2. The van der Waals surface area contributed by atoms with Gasteiger partial charge in [0, 0.05) is 28.8 Å². The Labute approximate surface area is 149 Å². The van der Waals surface area contributed by atoms with Crippen molar-refractivity contribution >= 4 is 34.5 Å². The van der Waals surface area contributed by atoms with Crippen LogP contribution in [0.25, 0.3) is 0 Å². The maximum Gasteiger partial charge on any atom is 0.256 e. The van der Waals surface area contributed by atoms with Gasteiger partial charge in [0.25, 0.3) is 5.91 Å². The van der Waals surface area contributed by atoms with Gasteiger partial charge in [0.15, 0.2) is 11.5 Å². The van der Waals surface area contributed by atoms with E-state index >= 15 is 0 Å². The summed E-state index contributed by atoms with van der Waals surface area (Å²) in [4.78, 5) is 14.0. The van der Waals surface area contributed by atoms with Crippen molar-refractivity contribution in [3.63, 3.8) is 0 Å². The quantitative estimate of drug-likeness (QED) is 0.841. The number of aryl methyl sites for hydroxylation is 1. The molecule has 0 spiro atoms. The predicted molar refractivity (Wildman–Crippen MR) is 96.0 cm³/mol. The summed E-state index contributed by atoms with van der Waals surface area (Å²) in [7, 11) is 0.